The van der Waals surface area contributed by atoms with Crippen LogP contribution in [-0.4, -0.2) is 46.0 Å². The van der Waals surface area contributed by atoms with Gasteiger partial charge in [0.25, 0.3) is 0 Å². The van der Waals surface area contributed by atoms with E-state index >= 15 is 0 Å². The Morgan fingerprint density at radius 3 is 2.62 bits per heavy atom. The van der Waals surface area contributed by atoms with E-state index in [9.17, 15) is 4.79 Å². The van der Waals surface area contributed by atoms with Crippen LogP contribution in [0.4, 0.5) is 0 Å². The van der Waals surface area contributed by atoms with E-state index in [1.807, 2.05) is 32.3 Å². The van der Waals surface area contributed by atoms with Gasteiger partial charge >= 0.3 is 0 Å². The monoisotopic (exact) mass is 614 g/mol. The molecule has 1 heterocycles. The highest BCUT2D eigenvalue weighted by molar-refractivity contribution is 14.1. The Balaban J connectivity index is 1.36. The SMILES string of the molecule is CNCCCCC1CC[C@@H]1c1nc(CN(C)C(=O)CCCc2ccc(OCI)cc2)nc2ccccc12. The molecule has 1 fully saturated rings. The Morgan fingerprint density at radius 1 is 1.08 bits per heavy atom. The largest absolute Gasteiger partial charge is 0.483 e. The summed E-state index contributed by atoms with van der Waals surface area (Å²) in [5, 5.41) is 4.42. The maximum Gasteiger partial charge on any atom is 0.222 e. The molecule has 2 atom stereocenters. The van der Waals surface area contributed by atoms with E-state index in [1.165, 1.54) is 48.7 Å². The number of hydrogen-bond acceptors (Lipinski definition) is 5. The van der Waals surface area contributed by atoms with Crippen molar-refractivity contribution in [1.82, 2.24) is 20.2 Å². The van der Waals surface area contributed by atoms with E-state index in [0.717, 1.165) is 36.5 Å². The minimum absolute atomic E-state index is 0.134. The highest BCUT2D eigenvalue weighted by atomic mass is 127. The first-order valence-corrected chi connectivity index (χ1v) is 15.0. The molecule has 1 unspecified atom stereocenters. The predicted molar refractivity (Wildman–Crippen MR) is 158 cm³/mol. The van der Waals surface area contributed by atoms with Gasteiger partial charge in [0.2, 0.25) is 5.91 Å². The van der Waals surface area contributed by atoms with E-state index in [-0.39, 0.29) is 5.91 Å². The molecule has 1 N–H and O–H groups in total. The normalized spacial score (nSPS) is 16.9. The molecule has 198 valence electrons. The number of nitrogens with zero attached hydrogens (tertiary/aromatic N) is 3. The first-order chi connectivity index (χ1) is 18.1. The smallest absolute Gasteiger partial charge is 0.222 e. The first-order valence-electron chi connectivity index (χ1n) is 13.5. The Labute approximate surface area is 234 Å². The number of rotatable bonds is 14. The summed E-state index contributed by atoms with van der Waals surface area (Å²) in [5.41, 5.74) is 3.39. The average molecular weight is 615 g/mol. The Bertz CT molecular complexity index is 1150. The standard InChI is InChI=1S/C30H39IN4O2/c1-32-19-6-5-9-23-15-18-25(23)30-26-10-3-4-11-27(26)33-28(34-30)20-35(2)29(36)12-7-8-22-13-16-24(17-14-22)37-21-31/h3-4,10-11,13-14,16-17,23,25,32H,5-9,12,15,18-21H2,1-2H3/t23?,25-/m0/s1. The number of ether oxygens (including phenoxy) is 1. The lowest BCUT2D eigenvalue weighted by atomic mass is 9.69. The van der Waals surface area contributed by atoms with Crippen LogP contribution in [0.5, 0.6) is 5.75 Å². The van der Waals surface area contributed by atoms with Crippen LogP contribution in [0.3, 0.4) is 0 Å². The van der Waals surface area contributed by atoms with Crippen molar-refractivity contribution in [2.45, 2.75) is 63.8 Å². The van der Waals surface area contributed by atoms with Crippen LogP contribution in [0.2, 0.25) is 0 Å². The topological polar surface area (TPSA) is 67.4 Å². The van der Waals surface area contributed by atoms with Gasteiger partial charge in [-0.2, -0.15) is 0 Å². The number of halogens is 1. The Kier molecular flexibility index (Phi) is 10.5. The lowest BCUT2D eigenvalue weighted by Gasteiger charge is -2.37. The molecule has 1 saturated carbocycles. The maximum atomic E-state index is 12.9. The van der Waals surface area contributed by atoms with Gasteiger partial charge in [0, 0.05) is 24.8 Å². The molecule has 6 nitrogen and oxygen atoms in total. The van der Waals surface area contributed by atoms with Crippen molar-refractivity contribution < 1.29 is 9.53 Å². The van der Waals surface area contributed by atoms with Crippen molar-refractivity contribution in [3.63, 3.8) is 0 Å². The van der Waals surface area contributed by atoms with E-state index in [4.69, 9.17) is 14.7 Å². The molecule has 0 saturated heterocycles. The molecule has 1 aliphatic carbocycles. The summed E-state index contributed by atoms with van der Waals surface area (Å²) in [6.45, 7) is 1.52. The van der Waals surface area contributed by atoms with Crippen LogP contribution in [0, 0.1) is 5.92 Å². The number of carbonyl (C=O) groups excluding carboxylic acids is 1. The summed E-state index contributed by atoms with van der Waals surface area (Å²) in [6.07, 6.45) is 8.41. The van der Waals surface area contributed by atoms with Crippen molar-refractivity contribution in [3.8, 4) is 5.75 Å². The molecule has 1 aliphatic rings. The van der Waals surface area contributed by atoms with Gasteiger partial charge in [-0.25, -0.2) is 9.97 Å². The van der Waals surface area contributed by atoms with Crippen molar-refractivity contribution in [3.05, 3.63) is 65.6 Å². The third kappa shape index (κ3) is 7.63. The average Bonchev–Trinajstić information content (AvgIpc) is 2.89. The lowest BCUT2D eigenvalue weighted by molar-refractivity contribution is -0.130. The third-order valence-electron chi connectivity index (χ3n) is 7.50. The minimum atomic E-state index is 0.134. The number of fused-ring (bicyclic) bond motifs is 1. The number of unbranched alkanes of at least 4 members (excludes halogenated alkanes) is 1. The van der Waals surface area contributed by atoms with E-state index in [1.54, 1.807) is 4.90 Å². The Hall–Kier alpha value is -2.26. The number of hydrogen-bond donors (Lipinski definition) is 1. The molecule has 7 heteroatoms. The first kappa shape index (κ1) is 27.8. The zero-order valence-corrected chi connectivity index (χ0v) is 24.2. The number of aromatic nitrogens is 2. The van der Waals surface area contributed by atoms with Crippen LogP contribution in [0.15, 0.2) is 48.5 Å². The molecular weight excluding hydrogens is 575 g/mol. The number of amides is 1. The fourth-order valence-corrected chi connectivity index (χ4v) is 5.60. The molecule has 1 amide bonds. The second-order valence-corrected chi connectivity index (χ2v) is 10.7. The van der Waals surface area contributed by atoms with E-state index < -0.39 is 0 Å². The number of para-hydroxylation sites is 1. The summed E-state index contributed by atoms with van der Waals surface area (Å²) in [6, 6.07) is 16.5. The second-order valence-electron chi connectivity index (χ2n) is 10.1. The molecule has 1 aromatic heterocycles. The van der Waals surface area contributed by atoms with Gasteiger partial charge in [-0.15, -0.1) is 0 Å². The van der Waals surface area contributed by atoms with Crippen LogP contribution >= 0.6 is 22.6 Å². The third-order valence-corrected chi connectivity index (χ3v) is 7.82. The molecule has 4 rings (SSSR count). The van der Waals surface area contributed by atoms with Crippen molar-refractivity contribution >= 4 is 39.4 Å². The van der Waals surface area contributed by atoms with E-state index in [2.05, 4.69) is 58.2 Å². The van der Waals surface area contributed by atoms with E-state index in [0.29, 0.717) is 29.4 Å². The summed E-state index contributed by atoms with van der Waals surface area (Å²) >= 11 is 2.19. The molecule has 0 spiro atoms. The Morgan fingerprint density at radius 2 is 1.89 bits per heavy atom. The number of carbonyl (C=O) groups is 1. The quantitative estimate of drug-likeness (QED) is 0.132. The number of benzene rings is 2. The zero-order valence-electron chi connectivity index (χ0n) is 22.1. The van der Waals surface area contributed by atoms with Gasteiger partial charge in [0.1, 0.15) is 16.2 Å². The fourth-order valence-electron chi connectivity index (χ4n) is 5.24. The summed E-state index contributed by atoms with van der Waals surface area (Å²) < 4.78 is 6.13. The highest BCUT2D eigenvalue weighted by Crippen LogP contribution is 2.46. The highest BCUT2D eigenvalue weighted by Gasteiger charge is 2.34. The zero-order chi connectivity index (χ0) is 26.0. The van der Waals surface area contributed by atoms with Crippen LogP contribution in [-0.2, 0) is 17.8 Å². The summed E-state index contributed by atoms with van der Waals surface area (Å²) in [5.74, 6) is 2.96. The van der Waals surface area contributed by atoms with Crippen LogP contribution in [0.25, 0.3) is 10.9 Å². The van der Waals surface area contributed by atoms with Crippen molar-refractivity contribution in [2.75, 3.05) is 25.3 Å². The number of nitrogens with one attached hydrogen (secondary N) is 1. The second kappa shape index (κ2) is 14.0. The predicted octanol–water partition coefficient (Wildman–Crippen LogP) is 6.27. The van der Waals surface area contributed by atoms with Gasteiger partial charge in [0.15, 0.2) is 0 Å². The molecule has 0 aliphatic heterocycles. The van der Waals surface area contributed by atoms with Gasteiger partial charge in [-0.3, -0.25) is 4.79 Å². The molecular formula is C30H39IN4O2. The summed E-state index contributed by atoms with van der Waals surface area (Å²) in [7, 11) is 3.88. The van der Waals surface area contributed by atoms with Crippen LogP contribution < -0.4 is 10.1 Å². The van der Waals surface area contributed by atoms with Gasteiger partial charge < -0.3 is 15.0 Å². The summed E-state index contributed by atoms with van der Waals surface area (Å²) in [4.78, 5) is 24.6. The molecule has 3 aromatic rings. The maximum absolute atomic E-state index is 12.9. The van der Waals surface area contributed by atoms with Crippen LogP contribution in [0.1, 0.15) is 67.9 Å². The number of alkyl halides is 1. The van der Waals surface area contributed by atoms with Gasteiger partial charge in [-0.1, -0.05) is 36.8 Å². The minimum Gasteiger partial charge on any atom is -0.483 e. The molecule has 0 bridgehead atoms. The van der Waals surface area contributed by atoms with Gasteiger partial charge in [0.05, 0.1) is 17.8 Å². The molecule has 37 heavy (non-hydrogen) atoms. The van der Waals surface area contributed by atoms with Crippen molar-refractivity contribution in [1.29, 1.82) is 0 Å². The molecule has 2 aromatic carbocycles. The molecule has 0 radical (unpaired) electrons. The van der Waals surface area contributed by atoms with Crippen molar-refractivity contribution in [2.24, 2.45) is 5.92 Å². The van der Waals surface area contributed by atoms with Gasteiger partial charge in [-0.05, 0) is 104 Å². The lowest BCUT2D eigenvalue weighted by Crippen LogP contribution is -2.29. The number of aryl methyl sites for hydroxylation is 1. The fraction of sp³-hybridized carbons (Fsp3) is 0.500.